The van der Waals surface area contributed by atoms with Crippen molar-refractivity contribution >= 4 is 34.3 Å². The van der Waals surface area contributed by atoms with Gasteiger partial charge in [-0.15, -0.1) is 0 Å². The van der Waals surface area contributed by atoms with E-state index in [-0.39, 0.29) is 18.3 Å². The van der Waals surface area contributed by atoms with Gasteiger partial charge in [0.1, 0.15) is 18.5 Å². The van der Waals surface area contributed by atoms with Crippen LogP contribution in [0.5, 0.6) is 0 Å². The fraction of sp³-hybridized carbons (Fsp3) is 0.632. The maximum atomic E-state index is 13.2. The van der Waals surface area contributed by atoms with E-state index < -0.39 is 6.17 Å². The van der Waals surface area contributed by atoms with Crippen molar-refractivity contribution in [2.24, 2.45) is 15.1 Å². The molecule has 1 atom stereocenters. The van der Waals surface area contributed by atoms with E-state index in [1.54, 1.807) is 6.08 Å². The molecule has 0 amide bonds. The van der Waals surface area contributed by atoms with Gasteiger partial charge in [0.05, 0.1) is 19.5 Å². The predicted octanol–water partition coefficient (Wildman–Crippen LogP) is 3.17. The minimum atomic E-state index is -1.21. The van der Waals surface area contributed by atoms with Crippen LogP contribution in [-0.2, 0) is 9.47 Å². The van der Waals surface area contributed by atoms with Gasteiger partial charge in [-0.2, -0.15) is 5.10 Å². The molecule has 29 heavy (non-hydrogen) atoms. The molecule has 1 unspecified atom stereocenters. The lowest BCUT2D eigenvalue weighted by atomic mass is 10.2. The van der Waals surface area contributed by atoms with Crippen LogP contribution in [0.25, 0.3) is 0 Å². The van der Waals surface area contributed by atoms with E-state index in [1.165, 1.54) is 20.2 Å². The van der Waals surface area contributed by atoms with Crippen molar-refractivity contribution in [1.82, 2.24) is 10.3 Å². The SMILES string of the molecule is CC\C(Br)=C/C(/C=N/NC(/N=C\C(C)F)=N/CN1CCCOCC1)=C(/O)COC. The number of halogens is 2. The molecule has 1 fully saturated rings. The number of rotatable bonds is 9. The number of hydrazone groups is 1. The van der Waals surface area contributed by atoms with Crippen LogP contribution in [0.3, 0.4) is 0 Å². The molecular weight excluding hydrogens is 445 g/mol. The third-order valence-corrected chi connectivity index (χ3v) is 4.56. The molecule has 10 heteroatoms. The Kier molecular flexibility index (Phi) is 13.4. The van der Waals surface area contributed by atoms with Crippen molar-refractivity contribution in [1.29, 1.82) is 0 Å². The first-order valence-electron chi connectivity index (χ1n) is 9.55. The highest BCUT2D eigenvalue weighted by Gasteiger charge is 2.08. The maximum Gasteiger partial charge on any atom is 0.239 e. The summed E-state index contributed by atoms with van der Waals surface area (Å²) in [6.07, 6.45) is 4.83. The number of guanidine groups is 1. The van der Waals surface area contributed by atoms with Gasteiger partial charge >= 0.3 is 0 Å². The Hall–Kier alpha value is -1.62. The molecule has 1 aliphatic rings. The maximum absolute atomic E-state index is 13.2. The van der Waals surface area contributed by atoms with Crippen molar-refractivity contribution in [2.75, 3.05) is 46.7 Å². The first-order chi connectivity index (χ1) is 14.0. The van der Waals surface area contributed by atoms with Gasteiger partial charge in [0.2, 0.25) is 5.96 Å². The van der Waals surface area contributed by atoms with Crippen molar-refractivity contribution in [3.8, 4) is 0 Å². The molecule has 1 saturated heterocycles. The van der Waals surface area contributed by atoms with E-state index in [2.05, 4.69) is 41.3 Å². The quantitative estimate of drug-likeness (QED) is 0.175. The third kappa shape index (κ3) is 11.8. The number of hydrogen-bond donors (Lipinski definition) is 2. The van der Waals surface area contributed by atoms with Crippen molar-refractivity contribution in [3.05, 3.63) is 21.9 Å². The Bertz CT molecular complexity index is 627. The number of nitrogens with one attached hydrogen (secondary N) is 1. The highest BCUT2D eigenvalue weighted by atomic mass is 79.9. The smallest absolute Gasteiger partial charge is 0.239 e. The molecular formula is C19H31BrFN5O3. The lowest BCUT2D eigenvalue weighted by Gasteiger charge is -2.16. The summed E-state index contributed by atoms with van der Waals surface area (Å²) in [4.78, 5) is 10.5. The predicted molar refractivity (Wildman–Crippen MR) is 119 cm³/mol. The van der Waals surface area contributed by atoms with Gasteiger partial charge in [-0.1, -0.05) is 22.9 Å². The summed E-state index contributed by atoms with van der Waals surface area (Å²) in [5, 5.41) is 14.2. The Labute approximate surface area is 180 Å². The van der Waals surface area contributed by atoms with Gasteiger partial charge in [0, 0.05) is 38.6 Å². The summed E-state index contributed by atoms with van der Waals surface area (Å²) >= 11 is 3.42. The second kappa shape index (κ2) is 15.3. The summed E-state index contributed by atoms with van der Waals surface area (Å²) < 4.78 is 24.5. The normalized spacial score (nSPS) is 19.5. The first kappa shape index (κ1) is 25.4. The Morgan fingerprint density at radius 2 is 2.21 bits per heavy atom. The van der Waals surface area contributed by atoms with Crippen LogP contribution >= 0.6 is 15.9 Å². The minimum Gasteiger partial charge on any atom is -0.509 e. The highest BCUT2D eigenvalue weighted by Crippen LogP contribution is 2.14. The van der Waals surface area contributed by atoms with Crippen LogP contribution in [0.2, 0.25) is 0 Å². The van der Waals surface area contributed by atoms with Gasteiger partial charge in [0.25, 0.3) is 0 Å². The van der Waals surface area contributed by atoms with E-state index in [4.69, 9.17) is 9.47 Å². The van der Waals surface area contributed by atoms with Crippen LogP contribution in [0.4, 0.5) is 4.39 Å². The van der Waals surface area contributed by atoms with Crippen LogP contribution in [0.15, 0.2) is 37.0 Å². The molecule has 8 nitrogen and oxygen atoms in total. The highest BCUT2D eigenvalue weighted by molar-refractivity contribution is 9.11. The van der Waals surface area contributed by atoms with Crippen LogP contribution < -0.4 is 5.43 Å². The largest absolute Gasteiger partial charge is 0.509 e. The number of alkyl halides is 1. The van der Waals surface area contributed by atoms with Gasteiger partial charge in [-0.25, -0.2) is 19.8 Å². The molecule has 1 rings (SSSR count). The third-order valence-electron chi connectivity index (χ3n) is 3.77. The second-order valence-electron chi connectivity index (χ2n) is 6.31. The average Bonchev–Trinajstić information content (AvgIpc) is 2.97. The summed E-state index contributed by atoms with van der Waals surface area (Å²) in [6, 6.07) is 0. The van der Waals surface area contributed by atoms with Crippen molar-refractivity contribution in [3.63, 3.8) is 0 Å². The fourth-order valence-electron chi connectivity index (χ4n) is 2.23. The molecule has 0 aromatic rings. The molecule has 0 bridgehead atoms. The van der Waals surface area contributed by atoms with Crippen molar-refractivity contribution in [2.45, 2.75) is 32.9 Å². The molecule has 0 aromatic carbocycles. The van der Waals surface area contributed by atoms with E-state index in [9.17, 15) is 9.50 Å². The van der Waals surface area contributed by atoms with E-state index in [0.29, 0.717) is 18.8 Å². The lowest BCUT2D eigenvalue weighted by Crippen LogP contribution is -2.28. The Morgan fingerprint density at radius 3 is 2.90 bits per heavy atom. The Morgan fingerprint density at radius 1 is 1.41 bits per heavy atom. The molecule has 2 N–H and O–H groups in total. The molecule has 0 aliphatic carbocycles. The van der Waals surface area contributed by atoms with Crippen LogP contribution in [-0.4, -0.2) is 81.3 Å². The number of allylic oxidation sites excluding steroid dienone is 3. The Balaban J connectivity index is 2.89. The zero-order valence-corrected chi connectivity index (χ0v) is 18.9. The standard InChI is InChI=1S/C19H31BrFN5O3/c1-4-17(20)10-16(18(27)13-28-3)12-24-25-19(22-11-15(2)21)23-14-26-6-5-8-29-9-7-26/h10-12,15,27H,4-9,13-14H2,1-3H3,(H,23,25)/b17-10+,18-16-,22-11-,24-12+. The first-order valence-corrected chi connectivity index (χ1v) is 10.3. The average molecular weight is 476 g/mol. The zero-order valence-electron chi connectivity index (χ0n) is 17.3. The zero-order chi connectivity index (χ0) is 21.5. The van der Waals surface area contributed by atoms with E-state index >= 15 is 0 Å². The fourth-order valence-corrected chi connectivity index (χ4v) is 2.48. The number of ether oxygens (including phenoxy) is 2. The van der Waals surface area contributed by atoms with Gasteiger partial charge in [-0.05, 0) is 30.3 Å². The number of aliphatic hydroxyl groups is 1. The number of aliphatic imine (C=N–C) groups is 2. The lowest BCUT2D eigenvalue weighted by molar-refractivity contribution is 0.142. The molecule has 164 valence electrons. The van der Waals surface area contributed by atoms with Gasteiger partial charge in [-0.3, -0.25) is 4.90 Å². The van der Waals surface area contributed by atoms with Crippen LogP contribution in [0.1, 0.15) is 26.7 Å². The summed E-state index contributed by atoms with van der Waals surface area (Å²) in [5.41, 5.74) is 3.19. The summed E-state index contributed by atoms with van der Waals surface area (Å²) in [5.74, 6) is 0.215. The van der Waals surface area contributed by atoms with E-state index in [0.717, 1.165) is 43.2 Å². The summed E-state index contributed by atoms with van der Waals surface area (Å²) in [7, 11) is 1.49. The monoisotopic (exact) mass is 475 g/mol. The molecule has 0 saturated carbocycles. The van der Waals surface area contributed by atoms with Gasteiger partial charge < -0.3 is 14.6 Å². The molecule has 0 spiro atoms. The summed E-state index contributed by atoms with van der Waals surface area (Å²) in [6.45, 7) is 6.86. The molecule has 0 aromatic heterocycles. The molecule has 0 radical (unpaired) electrons. The van der Waals surface area contributed by atoms with E-state index in [1.807, 2.05) is 6.92 Å². The number of methoxy groups -OCH3 is 1. The minimum absolute atomic E-state index is 0.0346. The second-order valence-corrected chi connectivity index (χ2v) is 7.33. The van der Waals surface area contributed by atoms with Crippen molar-refractivity contribution < 1.29 is 19.0 Å². The van der Waals surface area contributed by atoms with Crippen LogP contribution in [0, 0.1) is 0 Å². The molecule has 1 aliphatic heterocycles. The molecule has 1 heterocycles. The number of aliphatic hydroxyl groups excluding tert-OH is 1. The number of hydrogen-bond acceptors (Lipinski definition) is 6. The topological polar surface area (TPSA) is 91.0 Å². The van der Waals surface area contributed by atoms with Gasteiger partial charge in [0.15, 0.2) is 0 Å². The number of nitrogens with zero attached hydrogens (tertiary/aromatic N) is 4.